The topological polar surface area (TPSA) is 88.6 Å². The smallest absolute Gasteiger partial charge is 0.264 e. The van der Waals surface area contributed by atoms with Crippen LogP contribution in [0.15, 0.2) is 47.4 Å². The minimum Gasteiger partial charge on any atom is -0.484 e. The summed E-state index contributed by atoms with van der Waals surface area (Å²) in [6, 6.07) is 12.4. The van der Waals surface area contributed by atoms with Crippen molar-refractivity contribution in [3.63, 3.8) is 0 Å². The molecule has 0 radical (unpaired) electrons. The van der Waals surface area contributed by atoms with Crippen LogP contribution in [-0.2, 0) is 14.8 Å². The van der Waals surface area contributed by atoms with Crippen molar-refractivity contribution in [3.05, 3.63) is 48.0 Å². The summed E-state index contributed by atoms with van der Waals surface area (Å²) in [6.07, 6.45) is 0. The number of anilines is 1. The van der Waals surface area contributed by atoms with Crippen LogP contribution in [0.2, 0.25) is 0 Å². The number of benzene rings is 2. The summed E-state index contributed by atoms with van der Waals surface area (Å²) in [4.78, 5) is 16.9. The molecule has 1 amide bonds. The maximum atomic E-state index is 13.3. The second-order valence-corrected chi connectivity index (χ2v) is 11.9. The predicted octanol–water partition coefficient (Wildman–Crippen LogP) is 4.92. The van der Waals surface area contributed by atoms with E-state index in [2.05, 4.69) is 10.3 Å². The van der Waals surface area contributed by atoms with Gasteiger partial charge in [0.25, 0.3) is 5.91 Å². The molecule has 3 aromatic rings. The zero-order chi connectivity index (χ0) is 24.2. The molecule has 1 N–H and O–H groups in total. The molecule has 0 saturated carbocycles. The minimum atomic E-state index is -3.63. The van der Waals surface area contributed by atoms with E-state index in [1.54, 1.807) is 28.6 Å². The number of nitrogens with zero attached hydrogens (tertiary/aromatic N) is 2. The first-order valence-corrected chi connectivity index (χ1v) is 13.2. The van der Waals surface area contributed by atoms with Crippen LogP contribution < -0.4 is 10.1 Å². The second-order valence-electron chi connectivity index (χ2n) is 8.91. The Kier molecular flexibility index (Phi) is 8.10. The van der Waals surface area contributed by atoms with E-state index in [9.17, 15) is 13.2 Å². The highest BCUT2D eigenvalue weighted by atomic mass is 32.2. The molecule has 1 aromatic heterocycles. The van der Waals surface area contributed by atoms with E-state index in [0.29, 0.717) is 34.2 Å². The number of ether oxygens (including phenoxy) is 1. The molecule has 2 aromatic carbocycles. The third-order valence-corrected chi connectivity index (χ3v) is 7.50. The molecule has 33 heavy (non-hydrogen) atoms. The van der Waals surface area contributed by atoms with E-state index in [4.69, 9.17) is 4.74 Å². The van der Waals surface area contributed by atoms with Crippen LogP contribution in [0.4, 0.5) is 5.13 Å². The molecule has 0 aliphatic carbocycles. The lowest BCUT2D eigenvalue weighted by Crippen LogP contribution is -2.37. The number of rotatable bonds is 10. The van der Waals surface area contributed by atoms with E-state index < -0.39 is 10.0 Å². The van der Waals surface area contributed by atoms with Crippen molar-refractivity contribution in [1.82, 2.24) is 9.29 Å². The van der Waals surface area contributed by atoms with Gasteiger partial charge in [-0.05, 0) is 54.7 Å². The number of hydrogen-bond donors (Lipinski definition) is 1. The number of aryl methyl sites for hydroxylation is 1. The first kappa shape index (κ1) is 25.1. The first-order chi connectivity index (χ1) is 15.5. The van der Waals surface area contributed by atoms with Crippen molar-refractivity contribution in [2.75, 3.05) is 25.0 Å². The highest BCUT2D eigenvalue weighted by Crippen LogP contribution is 2.29. The SMILES string of the molecule is Cc1cccc(OCC(=O)Nc2nc3ccc(S(=O)(=O)N(CC(C)C)CC(C)C)cc3s2)c1. The second kappa shape index (κ2) is 10.6. The van der Waals surface area contributed by atoms with Crippen LogP contribution in [-0.4, -0.2) is 43.3 Å². The maximum absolute atomic E-state index is 13.3. The van der Waals surface area contributed by atoms with Crippen molar-refractivity contribution in [2.45, 2.75) is 39.5 Å². The van der Waals surface area contributed by atoms with Crippen LogP contribution in [0.1, 0.15) is 33.3 Å². The summed E-state index contributed by atoms with van der Waals surface area (Å²) < 4.78 is 34.4. The Morgan fingerprint density at radius 2 is 1.79 bits per heavy atom. The molecule has 0 spiro atoms. The molecule has 0 fully saturated rings. The Labute approximate surface area is 199 Å². The minimum absolute atomic E-state index is 0.141. The van der Waals surface area contributed by atoms with Gasteiger partial charge in [-0.25, -0.2) is 13.4 Å². The molecule has 0 aliphatic rings. The lowest BCUT2D eigenvalue weighted by Gasteiger charge is -2.25. The van der Waals surface area contributed by atoms with Crippen LogP contribution in [0.5, 0.6) is 5.75 Å². The number of amides is 1. The number of sulfonamides is 1. The summed E-state index contributed by atoms with van der Waals surface area (Å²) in [6.45, 7) is 10.8. The van der Waals surface area contributed by atoms with Crippen LogP contribution in [0, 0.1) is 18.8 Å². The molecule has 178 valence electrons. The molecule has 9 heteroatoms. The zero-order valence-corrected chi connectivity index (χ0v) is 21.3. The van der Waals surface area contributed by atoms with Gasteiger partial charge in [0.2, 0.25) is 10.0 Å². The van der Waals surface area contributed by atoms with Gasteiger partial charge in [0.15, 0.2) is 11.7 Å². The predicted molar refractivity (Wildman–Crippen MR) is 133 cm³/mol. The Bertz CT molecular complexity index is 1210. The van der Waals surface area contributed by atoms with Crippen molar-refractivity contribution >= 4 is 42.6 Å². The third-order valence-electron chi connectivity index (χ3n) is 4.74. The van der Waals surface area contributed by atoms with Gasteiger partial charge in [-0.1, -0.05) is 51.2 Å². The lowest BCUT2D eigenvalue weighted by molar-refractivity contribution is -0.118. The Balaban J connectivity index is 1.74. The van der Waals surface area contributed by atoms with Gasteiger partial charge in [-0.15, -0.1) is 0 Å². The fourth-order valence-electron chi connectivity index (χ4n) is 3.36. The van der Waals surface area contributed by atoms with Crippen molar-refractivity contribution < 1.29 is 17.9 Å². The Morgan fingerprint density at radius 3 is 2.42 bits per heavy atom. The molecule has 7 nitrogen and oxygen atoms in total. The molecule has 1 heterocycles. The van der Waals surface area contributed by atoms with E-state index in [-0.39, 0.29) is 29.2 Å². The van der Waals surface area contributed by atoms with E-state index in [0.717, 1.165) is 5.56 Å². The van der Waals surface area contributed by atoms with E-state index >= 15 is 0 Å². The van der Waals surface area contributed by atoms with Crippen LogP contribution >= 0.6 is 11.3 Å². The molecule has 0 unspecified atom stereocenters. The highest BCUT2D eigenvalue weighted by Gasteiger charge is 2.26. The van der Waals surface area contributed by atoms with Crippen molar-refractivity contribution in [2.24, 2.45) is 11.8 Å². The molecular formula is C24H31N3O4S2. The normalized spacial score (nSPS) is 12.1. The molecule has 0 bridgehead atoms. The summed E-state index contributed by atoms with van der Waals surface area (Å²) in [7, 11) is -3.63. The van der Waals surface area contributed by atoms with E-state index in [1.165, 1.54) is 11.3 Å². The Hall–Kier alpha value is -2.49. The summed E-state index contributed by atoms with van der Waals surface area (Å²) in [5.74, 6) is 0.726. The maximum Gasteiger partial charge on any atom is 0.264 e. The Morgan fingerprint density at radius 1 is 1.09 bits per heavy atom. The molecule has 0 saturated heterocycles. The molecular weight excluding hydrogens is 458 g/mol. The van der Waals surface area contributed by atoms with E-state index in [1.807, 2.05) is 52.8 Å². The molecule has 0 aliphatic heterocycles. The van der Waals surface area contributed by atoms with Gasteiger partial charge < -0.3 is 4.74 Å². The van der Waals surface area contributed by atoms with Gasteiger partial charge in [-0.2, -0.15) is 4.31 Å². The van der Waals surface area contributed by atoms with Gasteiger partial charge in [0.05, 0.1) is 15.1 Å². The number of thiazole rings is 1. The van der Waals surface area contributed by atoms with Crippen LogP contribution in [0.25, 0.3) is 10.2 Å². The number of nitrogens with one attached hydrogen (secondary N) is 1. The molecule has 0 atom stereocenters. The van der Waals surface area contributed by atoms with Crippen LogP contribution in [0.3, 0.4) is 0 Å². The largest absolute Gasteiger partial charge is 0.484 e. The first-order valence-electron chi connectivity index (χ1n) is 10.9. The number of fused-ring (bicyclic) bond motifs is 1. The van der Waals surface area contributed by atoms with Gasteiger partial charge in [0.1, 0.15) is 5.75 Å². The fourth-order valence-corrected chi connectivity index (χ4v) is 6.15. The summed E-state index contributed by atoms with van der Waals surface area (Å²) >= 11 is 1.24. The standard InChI is InChI=1S/C24H31N3O4S2/c1-16(2)13-27(14-17(3)4)33(29,30)20-9-10-21-22(12-20)32-24(25-21)26-23(28)15-31-19-8-6-7-18(5)11-19/h6-12,16-17H,13-15H2,1-5H3,(H,25,26,28). The van der Waals surface area contributed by atoms with Gasteiger partial charge >= 0.3 is 0 Å². The highest BCUT2D eigenvalue weighted by molar-refractivity contribution is 7.89. The molecule has 3 rings (SSSR count). The van der Waals surface area contributed by atoms with Gasteiger partial charge in [-0.3, -0.25) is 10.1 Å². The number of carbonyl (C=O) groups excluding carboxylic acids is 1. The number of carbonyl (C=O) groups is 1. The quantitative estimate of drug-likeness (QED) is 0.436. The summed E-state index contributed by atoms with van der Waals surface area (Å²) in [5, 5.41) is 3.13. The fraction of sp³-hybridized carbons (Fsp3) is 0.417. The number of hydrogen-bond acceptors (Lipinski definition) is 6. The lowest BCUT2D eigenvalue weighted by atomic mass is 10.2. The van der Waals surface area contributed by atoms with Crippen molar-refractivity contribution in [1.29, 1.82) is 0 Å². The number of aromatic nitrogens is 1. The average Bonchev–Trinajstić information content (AvgIpc) is 3.12. The zero-order valence-electron chi connectivity index (χ0n) is 19.7. The monoisotopic (exact) mass is 489 g/mol. The summed E-state index contributed by atoms with van der Waals surface area (Å²) in [5.41, 5.74) is 1.68. The average molecular weight is 490 g/mol. The van der Waals surface area contributed by atoms with Gasteiger partial charge in [0, 0.05) is 13.1 Å². The third kappa shape index (κ3) is 6.75. The van der Waals surface area contributed by atoms with Crippen molar-refractivity contribution in [3.8, 4) is 5.75 Å².